The lowest BCUT2D eigenvalue weighted by Crippen LogP contribution is -2.34. The molecule has 9 heavy (non-hydrogen) atoms. The van der Waals surface area contributed by atoms with Crippen LogP contribution in [0.4, 0.5) is 4.39 Å². The second-order valence-electron chi connectivity index (χ2n) is 2.45. The van der Waals surface area contributed by atoms with Gasteiger partial charge in [0.2, 0.25) is 0 Å². The molecule has 1 rings (SSSR count). The Hall–Kier alpha value is 0.370. The Labute approximate surface area is 62.4 Å². The van der Waals surface area contributed by atoms with Crippen molar-refractivity contribution >= 4 is 15.9 Å². The molecular weight excluding hydrogens is 187 g/mol. The molecule has 1 nitrogen and oxygen atoms in total. The highest BCUT2D eigenvalue weighted by Gasteiger charge is 2.29. The number of hydrogen-bond acceptors (Lipinski definition) is 1. The number of aliphatic hydroxyl groups excluding tert-OH is 1. The van der Waals surface area contributed by atoms with E-state index in [4.69, 9.17) is 5.11 Å². The Bertz CT molecular complexity index is 89.1. The van der Waals surface area contributed by atoms with E-state index in [2.05, 4.69) is 15.9 Å². The predicted molar refractivity (Wildman–Crippen MR) is 37.5 cm³/mol. The van der Waals surface area contributed by atoms with Crippen LogP contribution in [0.15, 0.2) is 0 Å². The van der Waals surface area contributed by atoms with Crippen LogP contribution in [0.1, 0.15) is 19.3 Å². The van der Waals surface area contributed by atoms with Crippen molar-refractivity contribution in [2.45, 2.75) is 36.4 Å². The first-order valence-corrected chi connectivity index (χ1v) is 4.09. The zero-order valence-corrected chi connectivity index (χ0v) is 6.64. The number of rotatable bonds is 0. The minimum atomic E-state index is -1.01. The lowest BCUT2D eigenvalue weighted by molar-refractivity contribution is 0.0512. The summed E-state index contributed by atoms with van der Waals surface area (Å²) in [5.41, 5.74) is 0. The second-order valence-corrected chi connectivity index (χ2v) is 3.63. The van der Waals surface area contributed by atoms with E-state index in [1.165, 1.54) is 0 Å². The average Bonchev–Trinajstić information content (AvgIpc) is 1.83. The van der Waals surface area contributed by atoms with Crippen LogP contribution in [-0.4, -0.2) is 22.2 Å². The summed E-state index contributed by atoms with van der Waals surface area (Å²) in [7, 11) is 0. The molecule has 0 unspecified atom stereocenters. The van der Waals surface area contributed by atoms with Crippen LogP contribution < -0.4 is 0 Å². The Balaban J connectivity index is 2.41. The molecule has 1 N–H and O–H groups in total. The SMILES string of the molecule is O[C@H]1[C@H](F)CCC[C@@H]1Br. The van der Waals surface area contributed by atoms with Crippen molar-refractivity contribution in [2.24, 2.45) is 0 Å². The number of hydrogen-bond donors (Lipinski definition) is 1. The van der Waals surface area contributed by atoms with Crippen molar-refractivity contribution in [3.8, 4) is 0 Å². The van der Waals surface area contributed by atoms with Crippen LogP contribution in [0.25, 0.3) is 0 Å². The minimum absolute atomic E-state index is 0.0266. The maximum absolute atomic E-state index is 12.5. The van der Waals surface area contributed by atoms with Gasteiger partial charge in [0.1, 0.15) is 6.17 Å². The molecule has 3 atom stereocenters. The molecule has 0 aromatic rings. The zero-order valence-electron chi connectivity index (χ0n) is 5.06. The Kier molecular flexibility index (Phi) is 2.47. The van der Waals surface area contributed by atoms with Crippen molar-refractivity contribution in [3.05, 3.63) is 0 Å². The summed E-state index contributed by atoms with van der Waals surface area (Å²) in [6, 6.07) is 0. The van der Waals surface area contributed by atoms with E-state index in [1.807, 2.05) is 0 Å². The largest absolute Gasteiger partial charge is 0.389 e. The first kappa shape index (κ1) is 7.48. The Morgan fingerprint density at radius 2 is 2.11 bits per heavy atom. The maximum Gasteiger partial charge on any atom is 0.127 e. The first-order chi connectivity index (χ1) is 4.22. The summed E-state index contributed by atoms with van der Waals surface area (Å²) in [5.74, 6) is 0. The fourth-order valence-electron chi connectivity index (χ4n) is 1.08. The van der Waals surface area contributed by atoms with Crippen molar-refractivity contribution in [1.82, 2.24) is 0 Å². The van der Waals surface area contributed by atoms with Gasteiger partial charge in [-0.1, -0.05) is 15.9 Å². The number of aliphatic hydroxyl groups is 1. The van der Waals surface area contributed by atoms with E-state index in [-0.39, 0.29) is 4.83 Å². The minimum Gasteiger partial charge on any atom is -0.389 e. The molecule has 0 aromatic carbocycles. The quantitative estimate of drug-likeness (QED) is 0.585. The van der Waals surface area contributed by atoms with Gasteiger partial charge < -0.3 is 5.11 Å². The van der Waals surface area contributed by atoms with Crippen LogP contribution >= 0.6 is 15.9 Å². The van der Waals surface area contributed by atoms with E-state index >= 15 is 0 Å². The highest BCUT2D eigenvalue weighted by molar-refractivity contribution is 9.09. The summed E-state index contributed by atoms with van der Waals surface area (Å²) >= 11 is 3.20. The highest BCUT2D eigenvalue weighted by atomic mass is 79.9. The van der Waals surface area contributed by atoms with Gasteiger partial charge in [-0.2, -0.15) is 0 Å². The normalized spacial score (nSPS) is 45.0. The van der Waals surface area contributed by atoms with Gasteiger partial charge in [-0.25, -0.2) is 4.39 Å². The van der Waals surface area contributed by atoms with Crippen molar-refractivity contribution < 1.29 is 9.50 Å². The highest BCUT2D eigenvalue weighted by Crippen LogP contribution is 2.26. The topological polar surface area (TPSA) is 20.2 Å². The molecular formula is C6H10BrFO. The fourth-order valence-corrected chi connectivity index (χ4v) is 1.73. The molecule has 1 fully saturated rings. The van der Waals surface area contributed by atoms with Crippen LogP contribution in [-0.2, 0) is 0 Å². The van der Waals surface area contributed by atoms with Gasteiger partial charge in [-0.05, 0) is 19.3 Å². The molecule has 0 bridgehead atoms. The molecule has 3 heteroatoms. The summed E-state index contributed by atoms with van der Waals surface area (Å²) in [6.07, 6.45) is 0.501. The predicted octanol–water partition coefficient (Wildman–Crippen LogP) is 1.63. The molecule has 1 aliphatic rings. The maximum atomic E-state index is 12.5. The van der Waals surface area contributed by atoms with Crippen molar-refractivity contribution in [1.29, 1.82) is 0 Å². The molecule has 0 radical (unpaired) electrons. The summed E-state index contributed by atoms with van der Waals surface area (Å²) in [6.45, 7) is 0. The molecule has 0 aliphatic heterocycles. The van der Waals surface area contributed by atoms with Gasteiger partial charge >= 0.3 is 0 Å². The molecule has 0 amide bonds. The van der Waals surface area contributed by atoms with Crippen LogP contribution in [0, 0.1) is 0 Å². The van der Waals surface area contributed by atoms with Gasteiger partial charge in [-0.3, -0.25) is 0 Å². The monoisotopic (exact) mass is 196 g/mol. The van der Waals surface area contributed by atoms with Gasteiger partial charge in [0.25, 0.3) is 0 Å². The average molecular weight is 197 g/mol. The van der Waals surface area contributed by atoms with Crippen LogP contribution in [0.2, 0.25) is 0 Å². The van der Waals surface area contributed by atoms with E-state index < -0.39 is 12.3 Å². The molecule has 0 spiro atoms. The third kappa shape index (κ3) is 1.64. The number of alkyl halides is 2. The Morgan fingerprint density at radius 3 is 2.56 bits per heavy atom. The van der Waals surface area contributed by atoms with E-state index in [0.717, 1.165) is 12.8 Å². The van der Waals surface area contributed by atoms with Crippen molar-refractivity contribution in [3.63, 3.8) is 0 Å². The molecule has 0 saturated heterocycles. The van der Waals surface area contributed by atoms with Crippen molar-refractivity contribution in [2.75, 3.05) is 0 Å². The second kappa shape index (κ2) is 2.97. The van der Waals surface area contributed by atoms with Gasteiger partial charge in [0, 0.05) is 4.83 Å². The van der Waals surface area contributed by atoms with Gasteiger partial charge in [0.15, 0.2) is 0 Å². The van der Waals surface area contributed by atoms with Gasteiger partial charge in [0.05, 0.1) is 6.10 Å². The third-order valence-corrected chi connectivity index (χ3v) is 2.70. The van der Waals surface area contributed by atoms with E-state index in [0.29, 0.717) is 6.42 Å². The standard InChI is InChI=1S/C6H10BrFO/c7-4-2-1-3-5(8)6(4)9/h4-6,9H,1-3H2/t4-,5+,6+/m0/s1. The summed E-state index contributed by atoms with van der Waals surface area (Å²) in [5, 5.41) is 9.02. The first-order valence-electron chi connectivity index (χ1n) is 3.18. The van der Waals surface area contributed by atoms with E-state index in [1.54, 1.807) is 0 Å². The van der Waals surface area contributed by atoms with Gasteiger partial charge in [-0.15, -0.1) is 0 Å². The molecule has 1 saturated carbocycles. The molecule has 1 aliphatic carbocycles. The zero-order chi connectivity index (χ0) is 6.85. The lowest BCUT2D eigenvalue weighted by atomic mass is 9.96. The molecule has 0 heterocycles. The number of halogens is 2. The third-order valence-electron chi connectivity index (χ3n) is 1.70. The van der Waals surface area contributed by atoms with E-state index in [9.17, 15) is 4.39 Å². The summed E-state index contributed by atoms with van der Waals surface area (Å²) in [4.78, 5) is -0.0266. The van der Waals surface area contributed by atoms with Crippen LogP contribution in [0.5, 0.6) is 0 Å². The smallest absolute Gasteiger partial charge is 0.127 e. The van der Waals surface area contributed by atoms with Crippen LogP contribution in [0.3, 0.4) is 0 Å². The summed E-state index contributed by atoms with van der Waals surface area (Å²) < 4.78 is 12.5. The lowest BCUT2D eigenvalue weighted by Gasteiger charge is -2.25. The molecule has 0 aromatic heterocycles. The Morgan fingerprint density at radius 1 is 1.44 bits per heavy atom. The fraction of sp³-hybridized carbons (Fsp3) is 1.00. The molecule has 54 valence electrons.